The Morgan fingerprint density at radius 2 is 2.42 bits per heavy atom. The minimum atomic E-state index is -0.520. The quantitative estimate of drug-likeness (QED) is 0.699. The summed E-state index contributed by atoms with van der Waals surface area (Å²) in [5.74, 6) is -0.305. The number of H-pyrrole nitrogens is 1. The van der Waals surface area contributed by atoms with E-state index in [4.69, 9.17) is 4.74 Å². The second kappa shape index (κ2) is 4.01. The van der Waals surface area contributed by atoms with Crippen LogP contribution in [0.1, 0.15) is 0 Å². The van der Waals surface area contributed by atoms with Gasteiger partial charge in [-0.05, 0) is 0 Å². The Bertz CT molecular complexity index is 239. The van der Waals surface area contributed by atoms with Gasteiger partial charge in [0.15, 0.2) is 0 Å². The zero-order valence-electron chi connectivity index (χ0n) is 7.04. The van der Waals surface area contributed by atoms with Crippen LogP contribution in [0, 0.1) is 5.95 Å². The molecule has 1 rings (SSSR count). The summed E-state index contributed by atoms with van der Waals surface area (Å²) < 4.78 is 17.6. The third-order valence-corrected chi connectivity index (χ3v) is 1.48. The van der Waals surface area contributed by atoms with Crippen molar-refractivity contribution < 1.29 is 9.13 Å². The van der Waals surface area contributed by atoms with Crippen molar-refractivity contribution in [2.45, 2.75) is 0 Å². The summed E-state index contributed by atoms with van der Waals surface area (Å²) in [5, 5.41) is 8.99. The minimum Gasteiger partial charge on any atom is -0.383 e. The Kier molecular flexibility index (Phi) is 2.98. The van der Waals surface area contributed by atoms with E-state index < -0.39 is 5.95 Å². The molecule has 0 radical (unpaired) electrons. The zero-order chi connectivity index (χ0) is 8.97. The van der Waals surface area contributed by atoms with E-state index in [2.05, 4.69) is 15.4 Å². The van der Waals surface area contributed by atoms with Crippen LogP contribution in [0.15, 0.2) is 0 Å². The number of nitrogens with zero attached hydrogens (tertiary/aromatic N) is 3. The van der Waals surface area contributed by atoms with E-state index in [9.17, 15) is 4.39 Å². The molecule has 0 bridgehead atoms. The highest BCUT2D eigenvalue weighted by Crippen LogP contribution is 2.09. The van der Waals surface area contributed by atoms with Crippen LogP contribution in [0.5, 0.6) is 0 Å². The van der Waals surface area contributed by atoms with Crippen LogP contribution in [0.2, 0.25) is 0 Å². The van der Waals surface area contributed by atoms with Gasteiger partial charge in [-0.2, -0.15) is 4.39 Å². The summed E-state index contributed by atoms with van der Waals surface area (Å²) in [6.45, 7) is 1.11. The molecule has 68 valence electrons. The van der Waals surface area contributed by atoms with Gasteiger partial charge in [-0.25, -0.2) is 5.10 Å². The summed E-state index contributed by atoms with van der Waals surface area (Å²) in [6, 6.07) is 0. The lowest BCUT2D eigenvalue weighted by Crippen LogP contribution is -2.23. The van der Waals surface area contributed by atoms with Gasteiger partial charge in [0.25, 0.3) is 5.95 Å². The molecule has 0 amide bonds. The van der Waals surface area contributed by atoms with Gasteiger partial charge in [-0.15, -0.1) is 5.10 Å². The fourth-order valence-corrected chi connectivity index (χ4v) is 0.788. The molecule has 0 saturated heterocycles. The molecule has 0 spiro atoms. The van der Waals surface area contributed by atoms with Crippen LogP contribution in [-0.4, -0.2) is 42.7 Å². The molecule has 0 aliphatic rings. The van der Waals surface area contributed by atoms with Crippen molar-refractivity contribution in [3.8, 4) is 0 Å². The molecule has 0 fully saturated rings. The highest BCUT2D eigenvalue weighted by Gasteiger charge is 2.10. The van der Waals surface area contributed by atoms with Crippen molar-refractivity contribution in [1.82, 2.24) is 15.4 Å². The van der Waals surface area contributed by atoms with E-state index in [0.29, 0.717) is 13.2 Å². The monoisotopic (exact) mass is 174 g/mol. The predicted octanol–water partition coefficient (Wildman–Crippen LogP) is 0.0264. The number of aromatic nitrogens is 3. The van der Waals surface area contributed by atoms with E-state index >= 15 is 0 Å². The predicted molar refractivity (Wildman–Crippen MR) is 41.5 cm³/mol. The Morgan fingerprint density at radius 1 is 1.67 bits per heavy atom. The second-order valence-electron chi connectivity index (χ2n) is 2.36. The molecule has 0 aromatic carbocycles. The summed E-state index contributed by atoms with van der Waals surface area (Å²) in [5.41, 5.74) is 0. The number of nitrogens with one attached hydrogen (secondary N) is 1. The number of hydrogen-bond donors (Lipinski definition) is 1. The molecule has 0 aliphatic heterocycles. The lowest BCUT2D eigenvalue weighted by molar-refractivity contribution is 0.206. The minimum absolute atomic E-state index is 0.215. The number of likely N-dealkylation sites (N-methyl/N-ethyl adjacent to an activating group) is 1. The maximum Gasteiger partial charge on any atom is 0.253 e. The third kappa shape index (κ3) is 1.91. The maximum atomic E-state index is 12.8. The van der Waals surface area contributed by atoms with Crippen molar-refractivity contribution in [3.63, 3.8) is 0 Å². The van der Waals surface area contributed by atoms with Crippen LogP contribution >= 0.6 is 0 Å². The molecular weight excluding hydrogens is 163 g/mol. The maximum absolute atomic E-state index is 12.8. The molecule has 0 atom stereocenters. The zero-order valence-corrected chi connectivity index (χ0v) is 7.04. The van der Waals surface area contributed by atoms with E-state index in [1.807, 2.05) is 0 Å². The van der Waals surface area contributed by atoms with Gasteiger partial charge in [0.05, 0.1) is 6.61 Å². The first-order valence-corrected chi connectivity index (χ1v) is 3.52. The van der Waals surface area contributed by atoms with Gasteiger partial charge in [0, 0.05) is 20.7 Å². The number of aromatic amines is 1. The largest absolute Gasteiger partial charge is 0.383 e. The highest BCUT2D eigenvalue weighted by atomic mass is 19.1. The molecule has 5 nitrogen and oxygen atoms in total. The fourth-order valence-electron chi connectivity index (χ4n) is 0.788. The first kappa shape index (κ1) is 8.92. The van der Waals surface area contributed by atoms with E-state index in [0.717, 1.165) is 0 Å². The molecule has 1 N–H and O–H groups in total. The van der Waals surface area contributed by atoms with Gasteiger partial charge < -0.3 is 9.64 Å². The van der Waals surface area contributed by atoms with Gasteiger partial charge >= 0.3 is 0 Å². The summed E-state index contributed by atoms with van der Waals surface area (Å²) in [4.78, 5) is 1.63. The Balaban J connectivity index is 2.52. The average Bonchev–Trinajstić information content (AvgIpc) is 2.47. The first-order chi connectivity index (χ1) is 5.75. The van der Waals surface area contributed by atoms with Crippen molar-refractivity contribution in [3.05, 3.63) is 5.95 Å². The van der Waals surface area contributed by atoms with Gasteiger partial charge in [-0.3, -0.25) is 0 Å². The normalized spacial score (nSPS) is 10.2. The van der Waals surface area contributed by atoms with E-state index in [1.165, 1.54) is 0 Å². The van der Waals surface area contributed by atoms with Gasteiger partial charge in [0.1, 0.15) is 0 Å². The van der Waals surface area contributed by atoms with Crippen LogP contribution < -0.4 is 4.90 Å². The molecule has 0 unspecified atom stereocenters. The standard InChI is InChI=1S/C6H11FN4O/c1-11(3-4-12-2)6-5(7)8-10-9-6/h3-4H2,1-2H3,(H,8,9,10). The average molecular weight is 174 g/mol. The summed E-state index contributed by atoms with van der Waals surface area (Å²) >= 11 is 0. The number of ether oxygens (including phenoxy) is 1. The number of anilines is 1. The number of halogens is 1. The van der Waals surface area contributed by atoms with Crippen molar-refractivity contribution in [1.29, 1.82) is 0 Å². The number of rotatable bonds is 4. The Hall–Kier alpha value is -1.17. The Labute approximate surface area is 69.5 Å². The number of methoxy groups -OCH3 is 1. The summed E-state index contributed by atoms with van der Waals surface area (Å²) in [7, 11) is 3.31. The van der Waals surface area contributed by atoms with Crippen molar-refractivity contribution >= 4 is 5.82 Å². The lowest BCUT2D eigenvalue weighted by atomic mass is 10.5. The third-order valence-electron chi connectivity index (χ3n) is 1.48. The molecular formula is C6H11FN4O. The number of hydrogen-bond acceptors (Lipinski definition) is 4. The van der Waals surface area contributed by atoms with Crippen LogP contribution in [0.25, 0.3) is 0 Å². The van der Waals surface area contributed by atoms with E-state index in [-0.39, 0.29) is 5.82 Å². The van der Waals surface area contributed by atoms with Gasteiger partial charge in [-0.1, -0.05) is 5.21 Å². The van der Waals surface area contributed by atoms with Crippen LogP contribution in [0.3, 0.4) is 0 Å². The summed E-state index contributed by atoms with van der Waals surface area (Å²) in [6.07, 6.45) is 0. The molecule has 1 aromatic heterocycles. The molecule has 6 heteroatoms. The lowest BCUT2D eigenvalue weighted by Gasteiger charge is -2.13. The fraction of sp³-hybridized carbons (Fsp3) is 0.667. The topological polar surface area (TPSA) is 54.0 Å². The molecule has 0 aliphatic carbocycles. The SMILES string of the molecule is COCCN(C)c1nn[nH]c1F. The van der Waals surface area contributed by atoms with Gasteiger partial charge in [0.2, 0.25) is 5.82 Å². The Morgan fingerprint density at radius 3 is 2.92 bits per heavy atom. The van der Waals surface area contributed by atoms with Crippen LogP contribution in [-0.2, 0) is 4.74 Å². The molecule has 1 aromatic rings. The highest BCUT2D eigenvalue weighted by molar-refractivity contribution is 5.33. The first-order valence-electron chi connectivity index (χ1n) is 3.52. The van der Waals surface area contributed by atoms with Crippen LogP contribution in [0.4, 0.5) is 10.2 Å². The smallest absolute Gasteiger partial charge is 0.253 e. The van der Waals surface area contributed by atoms with Crippen molar-refractivity contribution in [2.75, 3.05) is 32.2 Å². The second-order valence-corrected chi connectivity index (χ2v) is 2.36. The molecule has 12 heavy (non-hydrogen) atoms. The van der Waals surface area contributed by atoms with E-state index in [1.54, 1.807) is 19.1 Å². The molecule has 0 saturated carbocycles. The van der Waals surface area contributed by atoms with Crippen molar-refractivity contribution in [2.24, 2.45) is 0 Å². The molecule has 1 heterocycles.